The van der Waals surface area contributed by atoms with Gasteiger partial charge in [-0.05, 0) is 25.3 Å². The summed E-state index contributed by atoms with van der Waals surface area (Å²) in [4.78, 5) is 49.5. The molecule has 0 aromatic heterocycles. The standard InChI is InChI=1S/C21H23ClF3NO6/c1-13(11-17(28)21(23,24)25)18(29)31-12-32-19(30)26(2)20(10-6-5-9-16(20)27)14-7-3-4-8-15(14)22/h3-4,7-8,13H,5-6,9-12H2,1-2H3/t13-,20+/m1/s1. The number of ketones is 2. The predicted octanol–water partition coefficient (Wildman–Crippen LogP) is 4.41. The highest BCUT2D eigenvalue weighted by molar-refractivity contribution is 6.31. The summed E-state index contributed by atoms with van der Waals surface area (Å²) in [6.45, 7) is 0.201. The van der Waals surface area contributed by atoms with E-state index in [9.17, 15) is 32.3 Å². The lowest BCUT2D eigenvalue weighted by molar-refractivity contribution is -0.174. The molecule has 2 atom stereocenters. The van der Waals surface area contributed by atoms with E-state index in [0.29, 0.717) is 29.8 Å². The Kier molecular flexibility index (Phi) is 8.28. The van der Waals surface area contributed by atoms with E-state index in [2.05, 4.69) is 4.74 Å². The normalized spacial score (nSPS) is 19.8. The fraction of sp³-hybridized carbons (Fsp3) is 0.524. The number of nitrogens with zero attached hydrogens (tertiary/aromatic N) is 1. The second-order valence-electron chi connectivity index (χ2n) is 7.55. The van der Waals surface area contributed by atoms with Gasteiger partial charge in [0, 0.05) is 30.5 Å². The van der Waals surface area contributed by atoms with Crippen LogP contribution in [0.4, 0.5) is 18.0 Å². The fourth-order valence-corrected chi connectivity index (χ4v) is 3.93. The van der Waals surface area contributed by atoms with Crippen molar-refractivity contribution >= 4 is 35.2 Å². The second kappa shape index (κ2) is 10.3. The predicted molar refractivity (Wildman–Crippen MR) is 107 cm³/mol. The molecule has 32 heavy (non-hydrogen) atoms. The Labute approximate surface area is 187 Å². The van der Waals surface area contributed by atoms with Crippen molar-refractivity contribution in [3.05, 3.63) is 34.9 Å². The van der Waals surface area contributed by atoms with E-state index in [4.69, 9.17) is 16.3 Å². The number of amides is 1. The minimum Gasteiger partial charge on any atom is -0.428 e. The summed E-state index contributed by atoms with van der Waals surface area (Å²) in [6.07, 6.45) is -5.23. The van der Waals surface area contributed by atoms with E-state index in [1.54, 1.807) is 24.3 Å². The van der Waals surface area contributed by atoms with Gasteiger partial charge >= 0.3 is 18.2 Å². The molecule has 1 aromatic rings. The van der Waals surface area contributed by atoms with Gasteiger partial charge < -0.3 is 9.47 Å². The Morgan fingerprint density at radius 2 is 1.84 bits per heavy atom. The fourth-order valence-electron chi connectivity index (χ4n) is 3.64. The number of Topliss-reactive ketones (excluding diaryl/α,β-unsaturated/α-hetero) is 2. The van der Waals surface area contributed by atoms with Gasteiger partial charge in [0.2, 0.25) is 12.6 Å². The summed E-state index contributed by atoms with van der Waals surface area (Å²) in [5, 5.41) is 0.303. The summed E-state index contributed by atoms with van der Waals surface area (Å²) in [5.41, 5.74) is -0.911. The molecule has 1 aromatic carbocycles. The van der Waals surface area contributed by atoms with Gasteiger partial charge in [-0.25, -0.2) is 4.79 Å². The first-order valence-corrected chi connectivity index (χ1v) is 10.2. The SMILES string of the molecule is C[C@H](CC(=O)C(F)(F)F)C(=O)OCOC(=O)N(C)[C@]1(c2ccccc2Cl)CCCCC1=O. The van der Waals surface area contributed by atoms with Crippen LogP contribution in [0.25, 0.3) is 0 Å². The maximum Gasteiger partial charge on any atom is 0.449 e. The number of carbonyl (C=O) groups excluding carboxylic acids is 4. The van der Waals surface area contributed by atoms with Gasteiger partial charge in [0.25, 0.3) is 0 Å². The highest BCUT2D eigenvalue weighted by Gasteiger charge is 2.48. The Morgan fingerprint density at radius 1 is 1.19 bits per heavy atom. The maximum absolute atomic E-state index is 13.0. The summed E-state index contributed by atoms with van der Waals surface area (Å²) >= 11 is 6.31. The van der Waals surface area contributed by atoms with Gasteiger partial charge in [-0.1, -0.05) is 36.7 Å². The molecule has 2 rings (SSSR count). The number of ether oxygens (including phenoxy) is 2. The molecule has 176 valence electrons. The van der Waals surface area contributed by atoms with Gasteiger partial charge in [0.15, 0.2) is 5.78 Å². The molecule has 0 N–H and O–H groups in total. The summed E-state index contributed by atoms with van der Waals surface area (Å²) < 4.78 is 46.6. The van der Waals surface area contributed by atoms with E-state index in [-0.39, 0.29) is 12.2 Å². The molecule has 1 aliphatic rings. The van der Waals surface area contributed by atoms with Crippen LogP contribution in [0.1, 0.15) is 44.6 Å². The third-order valence-corrected chi connectivity index (χ3v) is 5.74. The second-order valence-corrected chi connectivity index (χ2v) is 7.95. The summed E-state index contributed by atoms with van der Waals surface area (Å²) in [7, 11) is 1.36. The van der Waals surface area contributed by atoms with Crippen LogP contribution in [0.3, 0.4) is 0 Å². The molecule has 0 heterocycles. The van der Waals surface area contributed by atoms with Crippen LogP contribution in [0.15, 0.2) is 24.3 Å². The number of hydrogen-bond donors (Lipinski definition) is 0. The van der Waals surface area contributed by atoms with Crippen LogP contribution in [0.5, 0.6) is 0 Å². The highest BCUT2D eigenvalue weighted by Crippen LogP contribution is 2.42. The van der Waals surface area contributed by atoms with Gasteiger partial charge in [-0.15, -0.1) is 0 Å². The van der Waals surface area contributed by atoms with E-state index in [1.165, 1.54) is 7.05 Å². The lowest BCUT2D eigenvalue weighted by Gasteiger charge is -2.43. The van der Waals surface area contributed by atoms with Gasteiger partial charge in [-0.2, -0.15) is 13.2 Å². The highest BCUT2D eigenvalue weighted by atomic mass is 35.5. The quantitative estimate of drug-likeness (QED) is 0.427. The minimum absolute atomic E-state index is 0.215. The van der Waals surface area contributed by atoms with Crippen molar-refractivity contribution in [1.82, 2.24) is 4.90 Å². The van der Waals surface area contributed by atoms with Crippen molar-refractivity contribution in [3.63, 3.8) is 0 Å². The zero-order chi connectivity index (χ0) is 24.1. The Morgan fingerprint density at radius 3 is 2.44 bits per heavy atom. The lowest BCUT2D eigenvalue weighted by Crippen LogP contribution is -2.54. The van der Waals surface area contributed by atoms with Crippen molar-refractivity contribution in [2.45, 2.75) is 50.7 Å². The van der Waals surface area contributed by atoms with Gasteiger partial charge in [-0.3, -0.25) is 19.3 Å². The van der Waals surface area contributed by atoms with Crippen LogP contribution in [-0.2, 0) is 29.4 Å². The Hall–Kier alpha value is -2.62. The van der Waals surface area contributed by atoms with Crippen molar-refractivity contribution in [2.75, 3.05) is 13.8 Å². The van der Waals surface area contributed by atoms with Crippen LogP contribution < -0.4 is 0 Å². The number of likely N-dealkylation sites (N-methyl/N-ethyl adjacent to an activating group) is 1. The number of halogens is 4. The van der Waals surface area contributed by atoms with E-state index in [1.807, 2.05) is 0 Å². The topological polar surface area (TPSA) is 90.0 Å². The van der Waals surface area contributed by atoms with E-state index >= 15 is 0 Å². The van der Waals surface area contributed by atoms with Crippen LogP contribution >= 0.6 is 11.6 Å². The van der Waals surface area contributed by atoms with Gasteiger partial charge in [0.05, 0.1) is 5.92 Å². The number of alkyl halides is 3. The molecule has 1 amide bonds. The zero-order valence-electron chi connectivity index (χ0n) is 17.5. The zero-order valence-corrected chi connectivity index (χ0v) is 18.3. The van der Waals surface area contributed by atoms with Crippen LogP contribution in [0, 0.1) is 5.92 Å². The molecule has 0 saturated heterocycles. The molecule has 1 aliphatic carbocycles. The first kappa shape index (κ1) is 25.6. The van der Waals surface area contributed by atoms with Crippen molar-refractivity contribution in [1.29, 1.82) is 0 Å². The number of carbonyl (C=O) groups is 4. The molecule has 0 bridgehead atoms. The molecule has 0 spiro atoms. The number of rotatable bonds is 7. The largest absolute Gasteiger partial charge is 0.449 e. The van der Waals surface area contributed by atoms with Crippen LogP contribution in [-0.4, -0.2) is 48.5 Å². The number of esters is 1. The molecule has 0 aliphatic heterocycles. The first-order chi connectivity index (χ1) is 14.9. The summed E-state index contributed by atoms with van der Waals surface area (Å²) in [6, 6.07) is 6.63. The smallest absolute Gasteiger partial charge is 0.428 e. The van der Waals surface area contributed by atoms with Crippen molar-refractivity contribution in [3.8, 4) is 0 Å². The molecule has 0 radical (unpaired) electrons. The monoisotopic (exact) mass is 477 g/mol. The van der Waals surface area contributed by atoms with Crippen molar-refractivity contribution in [2.24, 2.45) is 5.92 Å². The number of hydrogen-bond acceptors (Lipinski definition) is 6. The molecular weight excluding hydrogens is 455 g/mol. The third-order valence-electron chi connectivity index (χ3n) is 5.41. The van der Waals surface area contributed by atoms with Crippen molar-refractivity contribution < 1.29 is 41.8 Å². The van der Waals surface area contributed by atoms with Gasteiger partial charge in [0.1, 0.15) is 5.54 Å². The van der Waals surface area contributed by atoms with Crippen LogP contribution in [0.2, 0.25) is 5.02 Å². The first-order valence-electron chi connectivity index (χ1n) is 9.86. The Balaban J connectivity index is 2.05. The summed E-state index contributed by atoms with van der Waals surface area (Å²) in [5.74, 6) is -4.79. The minimum atomic E-state index is -5.05. The number of benzene rings is 1. The lowest BCUT2D eigenvalue weighted by atomic mass is 9.74. The van der Waals surface area contributed by atoms with E-state index < -0.39 is 48.7 Å². The maximum atomic E-state index is 13.0. The molecular formula is C21H23ClF3NO6. The third kappa shape index (κ3) is 5.59. The Bertz CT molecular complexity index is 891. The molecule has 1 saturated carbocycles. The van der Waals surface area contributed by atoms with E-state index in [0.717, 1.165) is 11.8 Å². The molecule has 1 fully saturated rings. The average Bonchev–Trinajstić information content (AvgIpc) is 2.73. The molecule has 0 unspecified atom stereocenters. The average molecular weight is 478 g/mol. The molecule has 7 nitrogen and oxygen atoms in total. The molecule has 11 heteroatoms.